The van der Waals surface area contributed by atoms with Gasteiger partial charge >= 0.3 is 5.97 Å². The van der Waals surface area contributed by atoms with E-state index in [0.717, 1.165) is 16.8 Å². The molecule has 0 atom stereocenters. The predicted molar refractivity (Wildman–Crippen MR) is 124 cm³/mol. The highest BCUT2D eigenvalue weighted by atomic mass is 16.5. The van der Waals surface area contributed by atoms with Gasteiger partial charge < -0.3 is 19.7 Å². The van der Waals surface area contributed by atoms with Gasteiger partial charge in [0, 0.05) is 18.8 Å². The Morgan fingerprint density at radius 3 is 2.06 bits per heavy atom. The summed E-state index contributed by atoms with van der Waals surface area (Å²) in [6.07, 6.45) is 0. The average Bonchev–Trinajstić information content (AvgIpc) is 2.85. The molecule has 0 unspecified atom stereocenters. The van der Waals surface area contributed by atoms with Crippen LogP contribution in [0.5, 0.6) is 0 Å². The van der Waals surface area contributed by atoms with Gasteiger partial charge in [-0.15, -0.1) is 0 Å². The van der Waals surface area contributed by atoms with E-state index in [4.69, 9.17) is 9.47 Å². The van der Waals surface area contributed by atoms with E-state index in [1.807, 2.05) is 72.8 Å². The maximum absolute atomic E-state index is 13.4. The fourth-order valence-corrected chi connectivity index (χ4v) is 3.97. The molecular formula is C26H26N2O4. The van der Waals surface area contributed by atoms with E-state index in [9.17, 15) is 9.59 Å². The summed E-state index contributed by atoms with van der Waals surface area (Å²) in [4.78, 5) is 28.0. The minimum Gasteiger partial charge on any atom is -0.465 e. The van der Waals surface area contributed by atoms with Gasteiger partial charge in [0.2, 0.25) is 5.91 Å². The van der Waals surface area contributed by atoms with Gasteiger partial charge in [-0.2, -0.15) is 0 Å². The molecule has 0 aromatic heterocycles. The van der Waals surface area contributed by atoms with E-state index in [1.165, 1.54) is 7.11 Å². The number of amides is 1. The third-order valence-electron chi connectivity index (χ3n) is 5.55. The van der Waals surface area contributed by atoms with E-state index in [-0.39, 0.29) is 5.91 Å². The highest BCUT2D eigenvalue weighted by Gasteiger charge is 2.24. The largest absolute Gasteiger partial charge is 0.465 e. The first-order valence-electron chi connectivity index (χ1n) is 10.6. The summed E-state index contributed by atoms with van der Waals surface area (Å²) in [5.41, 5.74) is 3.54. The zero-order valence-corrected chi connectivity index (χ0v) is 18.0. The van der Waals surface area contributed by atoms with Crippen LogP contribution in [0.25, 0.3) is 0 Å². The van der Waals surface area contributed by atoms with Crippen molar-refractivity contribution in [3.05, 3.63) is 95.6 Å². The zero-order chi connectivity index (χ0) is 22.3. The van der Waals surface area contributed by atoms with Crippen LogP contribution in [0.3, 0.4) is 0 Å². The molecule has 1 N–H and O–H groups in total. The van der Waals surface area contributed by atoms with Gasteiger partial charge in [-0.05, 0) is 29.3 Å². The number of hydrogen-bond donors (Lipinski definition) is 1. The van der Waals surface area contributed by atoms with Crippen LogP contribution < -0.4 is 10.2 Å². The summed E-state index contributed by atoms with van der Waals surface area (Å²) >= 11 is 0. The molecule has 4 rings (SSSR count). The number of carbonyl (C=O) groups excluding carboxylic acids is 2. The summed E-state index contributed by atoms with van der Waals surface area (Å²) in [6, 6.07) is 24.7. The van der Waals surface area contributed by atoms with Crippen LogP contribution in [0, 0.1) is 0 Å². The Labute approximate surface area is 187 Å². The van der Waals surface area contributed by atoms with Crippen LogP contribution >= 0.6 is 0 Å². The zero-order valence-electron chi connectivity index (χ0n) is 18.0. The Morgan fingerprint density at radius 2 is 1.50 bits per heavy atom. The molecule has 32 heavy (non-hydrogen) atoms. The van der Waals surface area contributed by atoms with Crippen molar-refractivity contribution in [1.82, 2.24) is 0 Å². The van der Waals surface area contributed by atoms with Crippen molar-refractivity contribution in [2.75, 3.05) is 43.6 Å². The van der Waals surface area contributed by atoms with Gasteiger partial charge in [-0.1, -0.05) is 60.7 Å². The summed E-state index contributed by atoms with van der Waals surface area (Å²) < 4.78 is 10.4. The number of esters is 1. The molecule has 6 nitrogen and oxygen atoms in total. The number of carbonyl (C=O) groups is 2. The van der Waals surface area contributed by atoms with Gasteiger partial charge in [-0.25, -0.2) is 4.79 Å². The summed E-state index contributed by atoms with van der Waals surface area (Å²) in [7, 11) is 1.36. The molecule has 1 amide bonds. The molecule has 6 heteroatoms. The molecule has 3 aromatic rings. The molecule has 0 radical (unpaired) electrons. The second-order valence-corrected chi connectivity index (χ2v) is 7.57. The maximum Gasteiger partial charge on any atom is 0.340 e. The number of nitrogens with one attached hydrogen (secondary N) is 1. The van der Waals surface area contributed by atoms with Crippen molar-refractivity contribution < 1.29 is 19.1 Å². The van der Waals surface area contributed by atoms with E-state index in [2.05, 4.69) is 10.2 Å². The van der Waals surface area contributed by atoms with E-state index in [0.29, 0.717) is 37.6 Å². The molecule has 1 saturated heterocycles. The fraction of sp³-hybridized carbons (Fsp3) is 0.231. The van der Waals surface area contributed by atoms with Crippen molar-refractivity contribution in [3.63, 3.8) is 0 Å². The number of benzene rings is 3. The van der Waals surface area contributed by atoms with Crippen LogP contribution in [0.4, 0.5) is 11.4 Å². The van der Waals surface area contributed by atoms with Crippen molar-refractivity contribution in [1.29, 1.82) is 0 Å². The summed E-state index contributed by atoms with van der Waals surface area (Å²) in [5.74, 6) is -1.08. The number of nitrogens with zero attached hydrogens (tertiary/aromatic N) is 1. The molecular weight excluding hydrogens is 404 g/mol. The van der Waals surface area contributed by atoms with E-state index in [1.54, 1.807) is 6.07 Å². The Kier molecular flexibility index (Phi) is 6.82. The lowest BCUT2D eigenvalue weighted by molar-refractivity contribution is -0.116. The molecule has 0 bridgehead atoms. The second-order valence-electron chi connectivity index (χ2n) is 7.57. The molecule has 0 spiro atoms. The molecule has 1 aliphatic heterocycles. The number of rotatable bonds is 6. The molecule has 0 aliphatic carbocycles. The molecule has 1 aliphatic rings. The minimum atomic E-state index is -0.474. The first-order valence-corrected chi connectivity index (χ1v) is 10.6. The number of methoxy groups -OCH3 is 1. The van der Waals surface area contributed by atoms with Crippen molar-refractivity contribution in [2.45, 2.75) is 5.92 Å². The Morgan fingerprint density at radius 1 is 0.906 bits per heavy atom. The highest BCUT2D eigenvalue weighted by molar-refractivity contribution is 6.01. The molecule has 1 fully saturated rings. The summed E-state index contributed by atoms with van der Waals surface area (Å²) in [6.45, 7) is 2.60. The minimum absolute atomic E-state index is 0.169. The lowest BCUT2D eigenvalue weighted by Gasteiger charge is -2.30. The number of morpholine rings is 1. The topological polar surface area (TPSA) is 67.9 Å². The van der Waals surface area contributed by atoms with Crippen LogP contribution in [-0.2, 0) is 14.3 Å². The average molecular weight is 431 g/mol. The third-order valence-corrected chi connectivity index (χ3v) is 5.55. The van der Waals surface area contributed by atoms with Crippen LogP contribution in [0.2, 0.25) is 0 Å². The van der Waals surface area contributed by atoms with E-state index >= 15 is 0 Å². The standard InChI is InChI=1S/C26H26N2O4/c1-31-26(30)22-18-21(12-13-23(22)28-14-16-32-17-15-28)27-25(29)24(19-8-4-2-5-9-19)20-10-6-3-7-11-20/h2-13,18,24H,14-17H2,1H3,(H,27,29). The van der Waals surface area contributed by atoms with Crippen molar-refractivity contribution in [2.24, 2.45) is 0 Å². The fourth-order valence-electron chi connectivity index (χ4n) is 3.97. The van der Waals surface area contributed by atoms with Gasteiger partial charge in [0.25, 0.3) is 0 Å². The Bertz CT molecular complexity index is 1020. The van der Waals surface area contributed by atoms with Crippen LogP contribution in [0.1, 0.15) is 27.4 Å². The highest BCUT2D eigenvalue weighted by Crippen LogP contribution is 2.29. The lowest BCUT2D eigenvalue weighted by Crippen LogP contribution is -2.37. The smallest absolute Gasteiger partial charge is 0.340 e. The number of anilines is 2. The summed E-state index contributed by atoms with van der Waals surface area (Å²) in [5, 5.41) is 3.00. The first-order chi connectivity index (χ1) is 15.7. The monoisotopic (exact) mass is 430 g/mol. The third kappa shape index (κ3) is 4.81. The molecule has 1 heterocycles. The molecule has 164 valence electrons. The van der Waals surface area contributed by atoms with Gasteiger partial charge in [-0.3, -0.25) is 4.79 Å². The normalized spacial score (nSPS) is 13.6. The molecule has 3 aromatic carbocycles. The van der Waals surface area contributed by atoms with Crippen LogP contribution in [-0.4, -0.2) is 45.3 Å². The van der Waals surface area contributed by atoms with Crippen molar-refractivity contribution in [3.8, 4) is 0 Å². The quantitative estimate of drug-likeness (QED) is 0.597. The van der Waals surface area contributed by atoms with Crippen LogP contribution in [0.15, 0.2) is 78.9 Å². The SMILES string of the molecule is COC(=O)c1cc(NC(=O)C(c2ccccc2)c2ccccc2)ccc1N1CCOCC1. The van der Waals surface area contributed by atoms with Crippen molar-refractivity contribution >= 4 is 23.3 Å². The lowest BCUT2D eigenvalue weighted by atomic mass is 9.90. The van der Waals surface area contributed by atoms with Gasteiger partial charge in [0.05, 0.1) is 37.5 Å². The Balaban J connectivity index is 1.64. The molecule has 0 saturated carbocycles. The maximum atomic E-state index is 13.4. The number of hydrogen-bond acceptors (Lipinski definition) is 5. The van der Waals surface area contributed by atoms with Gasteiger partial charge in [0.1, 0.15) is 0 Å². The van der Waals surface area contributed by atoms with Gasteiger partial charge in [0.15, 0.2) is 0 Å². The second kappa shape index (κ2) is 10.1. The predicted octanol–water partition coefficient (Wildman–Crippen LogP) is 4.08. The van der Waals surface area contributed by atoms with E-state index < -0.39 is 11.9 Å². The first kappa shape index (κ1) is 21.6. The number of ether oxygens (including phenoxy) is 2. The Hall–Kier alpha value is -3.64.